The number of methoxy groups -OCH3 is 3. The fraction of sp³-hybridized carbons (Fsp3) is 0.429. The van der Waals surface area contributed by atoms with Crippen molar-refractivity contribution in [1.29, 1.82) is 0 Å². The Morgan fingerprint density at radius 1 is 1.04 bits per heavy atom. The Kier molecular flexibility index (Phi) is 7.23. The van der Waals surface area contributed by atoms with Crippen LogP contribution in [0.3, 0.4) is 0 Å². The number of aryl methyl sites for hydroxylation is 1. The zero-order valence-corrected chi connectivity index (χ0v) is 17.2. The maximum Gasteiger partial charge on any atom is 0.338 e. The topological polar surface area (TPSA) is 76.0 Å². The van der Waals surface area contributed by atoms with Crippen molar-refractivity contribution < 1.29 is 28.5 Å². The molecule has 0 saturated heterocycles. The van der Waals surface area contributed by atoms with Crippen molar-refractivity contribution in [3.05, 3.63) is 46.8 Å². The van der Waals surface area contributed by atoms with Gasteiger partial charge in [-0.15, -0.1) is 0 Å². The molecule has 152 valence electrons. The maximum absolute atomic E-state index is 12.6. The number of ketones is 1. The second-order valence-electron chi connectivity index (χ2n) is 6.53. The van der Waals surface area contributed by atoms with Crippen LogP contribution in [-0.4, -0.2) is 50.9 Å². The summed E-state index contributed by atoms with van der Waals surface area (Å²) in [6.45, 7) is 6.04. The molecule has 0 aliphatic heterocycles. The molecule has 7 heteroatoms. The third-order valence-electron chi connectivity index (χ3n) is 4.59. The first-order chi connectivity index (χ1) is 13.3. The lowest BCUT2D eigenvalue weighted by Gasteiger charge is -2.17. The number of Topliss-reactive ketones (excluding diaryl/α,β-unsaturated/α-hetero) is 1. The standard InChI is InChI=1S/C21H27NO6/c1-13-9-17(15(3)22(13)14(2)11-25-4)18(23)12-28-21(24)16-7-8-19(26-5)20(10-16)27-6/h7-10,14H,11-12H2,1-6H3/t14-/m0/s1. The summed E-state index contributed by atoms with van der Waals surface area (Å²) in [5, 5.41) is 0. The van der Waals surface area contributed by atoms with Gasteiger partial charge in [-0.3, -0.25) is 4.79 Å². The first-order valence-corrected chi connectivity index (χ1v) is 8.93. The van der Waals surface area contributed by atoms with E-state index in [1.165, 1.54) is 20.3 Å². The molecule has 2 rings (SSSR count). The SMILES string of the molecule is COC[C@H](C)n1c(C)cc(C(=O)COC(=O)c2ccc(OC)c(OC)c2)c1C. The van der Waals surface area contributed by atoms with Crippen LogP contribution < -0.4 is 9.47 Å². The number of carbonyl (C=O) groups is 2. The van der Waals surface area contributed by atoms with Gasteiger partial charge in [-0.25, -0.2) is 4.79 Å². The van der Waals surface area contributed by atoms with E-state index in [4.69, 9.17) is 18.9 Å². The lowest BCUT2D eigenvalue weighted by molar-refractivity contribution is 0.0474. The molecule has 0 aliphatic rings. The highest BCUT2D eigenvalue weighted by molar-refractivity contribution is 6.00. The van der Waals surface area contributed by atoms with Gasteiger partial charge in [-0.1, -0.05) is 0 Å². The molecule has 0 saturated carbocycles. The minimum atomic E-state index is -0.601. The van der Waals surface area contributed by atoms with Gasteiger partial charge < -0.3 is 23.5 Å². The van der Waals surface area contributed by atoms with Crippen molar-refractivity contribution in [3.63, 3.8) is 0 Å². The summed E-state index contributed by atoms with van der Waals surface area (Å²) in [4.78, 5) is 24.9. The molecular formula is C21H27NO6. The number of nitrogens with zero attached hydrogens (tertiary/aromatic N) is 1. The number of rotatable bonds is 9. The predicted molar refractivity (Wildman–Crippen MR) is 105 cm³/mol. The summed E-state index contributed by atoms with van der Waals surface area (Å²) in [5.41, 5.74) is 2.61. The molecule has 0 amide bonds. The second-order valence-corrected chi connectivity index (χ2v) is 6.53. The fourth-order valence-corrected chi connectivity index (χ4v) is 3.31. The van der Waals surface area contributed by atoms with E-state index in [0.717, 1.165) is 11.4 Å². The van der Waals surface area contributed by atoms with Crippen molar-refractivity contribution in [2.45, 2.75) is 26.8 Å². The zero-order chi connectivity index (χ0) is 20.8. The van der Waals surface area contributed by atoms with E-state index in [1.807, 2.05) is 31.4 Å². The van der Waals surface area contributed by atoms with Gasteiger partial charge in [0.2, 0.25) is 5.78 Å². The molecule has 0 N–H and O–H groups in total. The number of hydrogen-bond donors (Lipinski definition) is 0. The number of benzene rings is 1. The lowest BCUT2D eigenvalue weighted by Crippen LogP contribution is -2.17. The Hall–Kier alpha value is -2.80. The van der Waals surface area contributed by atoms with E-state index in [2.05, 4.69) is 0 Å². The average Bonchev–Trinajstić information content (AvgIpc) is 2.99. The van der Waals surface area contributed by atoms with Crippen LogP contribution in [0.5, 0.6) is 11.5 Å². The van der Waals surface area contributed by atoms with Crippen molar-refractivity contribution in [2.24, 2.45) is 0 Å². The molecule has 28 heavy (non-hydrogen) atoms. The Morgan fingerprint density at radius 2 is 1.71 bits per heavy atom. The van der Waals surface area contributed by atoms with E-state index in [1.54, 1.807) is 19.2 Å². The van der Waals surface area contributed by atoms with Crippen LogP contribution in [0, 0.1) is 13.8 Å². The van der Waals surface area contributed by atoms with Crippen molar-refractivity contribution in [3.8, 4) is 11.5 Å². The molecule has 0 aliphatic carbocycles. The predicted octanol–water partition coefficient (Wildman–Crippen LogP) is 3.37. The van der Waals surface area contributed by atoms with Crippen LogP contribution in [0.2, 0.25) is 0 Å². The third kappa shape index (κ3) is 4.54. The molecule has 0 radical (unpaired) electrons. The summed E-state index contributed by atoms with van der Waals surface area (Å²) in [7, 11) is 4.64. The van der Waals surface area contributed by atoms with Gasteiger partial charge >= 0.3 is 5.97 Å². The van der Waals surface area contributed by atoms with Gasteiger partial charge in [-0.2, -0.15) is 0 Å². The molecule has 1 aromatic carbocycles. The lowest BCUT2D eigenvalue weighted by atomic mass is 10.1. The normalized spacial score (nSPS) is 11.8. The summed E-state index contributed by atoms with van der Waals surface area (Å²) in [6, 6.07) is 6.60. The molecule has 2 aromatic rings. The minimum Gasteiger partial charge on any atom is -0.493 e. The number of ether oxygens (including phenoxy) is 4. The Balaban J connectivity index is 2.10. The molecule has 0 fully saturated rings. The average molecular weight is 389 g/mol. The van der Waals surface area contributed by atoms with Crippen molar-refractivity contribution in [1.82, 2.24) is 4.57 Å². The first kappa shape index (κ1) is 21.5. The molecule has 1 aromatic heterocycles. The van der Waals surface area contributed by atoms with Crippen molar-refractivity contribution in [2.75, 3.05) is 34.5 Å². The van der Waals surface area contributed by atoms with E-state index in [-0.39, 0.29) is 24.0 Å². The second kappa shape index (κ2) is 9.41. The molecule has 0 bridgehead atoms. The number of carbonyl (C=O) groups excluding carboxylic acids is 2. The molecule has 0 unspecified atom stereocenters. The molecule has 1 atom stereocenters. The van der Waals surface area contributed by atoms with Gasteiger partial charge in [0.05, 0.1) is 32.4 Å². The van der Waals surface area contributed by atoms with Gasteiger partial charge in [0.1, 0.15) is 0 Å². The van der Waals surface area contributed by atoms with Gasteiger partial charge in [0, 0.05) is 24.1 Å². The van der Waals surface area contributed by atoms with Gasteiger partial charge in [0.15, 0.2) is 18.1 Å². The van der Waals surface area contributed by atoms with Crippen LogP contribution in [-0.2, 0) is 9.47 Å². The van der Waals surface area contributed by atoms with E-state index >= 15 is 0 Å². The third-order valence-corrected chi connectivity index (χ3v) is 4.59. The highest BCUT2D eigenvalue weighted by Crippen LogP contribution is 2.28. The summed E-state index contributed by atoms with van der Waals surface area (Å²) < 4.78 is 22.8. The van der Waals surface area contributed by atoms with E-state index in [0.29, 0.717) is 23.7 Å². The molecule has 1 heterocycles. The van der Waals surface area contributed by atoms with Gasteiger partial charge in [-0.05, 0) is 45.0 Å². The fourth-order valence-electron chi connectivity index (χ4n) is 3.31. The Morgan fingerprint density at radius 3 is 2.32 bits per heavy atom. The van der Waals surface area contributed by atoms with Crippen LogP contribution in [0.4, 0.5) is 0 Å². The van der Waals surface area contributed by atoms with Gasteiger partial charge in [0.25, 0.3) is 0 Å². The van der Waals surface area contributed by atoms with Crippen LogP contribution in [0.15, 0.2) is 24.3 Å². The quantitative estimate of drug-likeness (QED) is 0.483. The number of aromatic nitrogens is 1. The summed E-state index contributed by atoms with van der Waals surface area (Å²) in [6.07, 6.45) is 0. The maximum atomic E-state index is 12.6. The number of hydrogen-bond acceptors (Lipinski definition) is 6. The Labute approximate surface area is 165 Å². The molecule has 0 spiro atoms. The van der Waals surface area contributed by atoms with E-state index < -0.39 is 5.97 Å². The largest absolute Gasteiger partial charge is 0.493 e. The minimum absolute atomic E-state index is 0.0980. The van der Waals surface area contributed by atoms with Crippen LogP contribution in [0.1, 0.15) is 45.1 Å². The number of esters is 1. The smallest absolute Gasteiger partial charge is 0.338 e. The van der Waals surface area contributed by atoms with Crippen LogP contribution >= 0.6 is 0 Å². The summed E-state index contributed by atoms with van der Waals surface area (Å²) >= 11 is 0. The highest BCUT2D eigenvalue weighted by Gasteiger charge is 2.20. The monoisotopic (exact) mass is 389 g/mol. The van der Waals surface area contributed by atoms with Crippen LogP contribution in [0.25, 0.3) is 0 Å². The Bertz CT molecular complexity index is 855. The van der Waals surface area contributed by atoms with E-state index in [9.17, 15) is 9.59 Å². The summed E-state index contributed by atoms with van der Waals surface area (Å²) in [5.74, 6) is 0.0698. The zero-order valence-electron chi connectivity index (χ0n) is 17.2. The molecular weight excluding hydrogens is 362 g/mol. The first-order valence-electron chi connectivity index (χ1n) is 8.93. The highest BCUT2D eigenvalue weighted by atomic mass is 16.5. The molecule has 7 nitrogen and oxygen atoms in total. The van der Waals surface area contributed by atoms with Crippen molar-refractivity contribution >= 4 is 11.8 Å².